The summed E-state index contributed by atoms with van der Waals surface area (Å²) in [5.41, 5.74) is 5.29. The SMILES string of the molecule is CC(CN(C)S(=O)(=O)c1cnc[nH]1)C(=N)N. The van der Waals surface area contributed by atoms with Crippen LogP contribution in [-0.2, 0) is 10.0 Å². The Morgan fingerprint density at radius 1 is 1.75 bits per heavy atom. The monoisotopic (exact) mass is 245 g/mol. The molecular weight excluding hydrogens is 230 g/mol. The number of nitrogens with two attached hydrogens (primary N) is 1. The lowest BCUT2D eigenvalue weighted by atomic mass is 10.2. The zero-order valence-corrected chi connectivity index (χ0v) is 9.95. The molecule has 0 amide bonds. The quantitative estimate of drug-likeness (QED) is 0.483. The first-order valence-corrected chi connectivity index (χ1v) is 6.08. The summed E-state index contributed by atoms with van der Waals surface area (Å²) >= 11 is 0. The van der Waals surface area contributed by atoms with E-state index in [-0.39, 0.29) is 23.3 Å². The summed E-state index contributed by atoms with van der Waals surface area (Å²) < 4.78 is 24.9. The maximum absolute atomic E-state index is 11.9. The van der Waals surface area contributed by atoms with Gasteiger partial charge in [-0.2, -0.15) is 4.31 Å². The lowest BCUT2D eigenvalue weighted by molar-refractivity contribution is 0.441. The summed E-state index contributed by atoms with van der Waals surface area (Å²) in [4.78, 5) is 6.19. The van der Waals surface area contributed by atoms with Crippen LogP contribution in [0, 0.1) is 11.3 Å². The molecule has 0 bridgehead atoms. The number of rotatable bonds is 5. The van der Waals surface area contributed by atoms with Crippen molar-refractivity contribution in [2.24, 2.45) is 11.7 Å². The second-order valence-corrected chi connectivity index (χ2v) is 5.57. The summed E-state index contributed by atoms with van der Waals surface area (Å²) in [7, 11) is -2.12. The van der Waals surface area contributed by atoms with Crippen LogP contribution in [0.2, 0.25) is 0 Å². The summed E-state index contributed by atoms with van der Waals surface area (Å²) in [5, 5.41) is 7.24. The van der Waals surface area contributed by atoms with Crippen molar-refractivity contribution in [2.45, 2.75) is 11.9 Å². The van der Waals surface area contributed by atoms with E-state index in [1.807, 2.05) is 0 Å². The molecule has 1 aromatic heterocycles. The van der Waals surface area contributed by atoms with Crippen molar-refractivity contribution in [3.63, 3.8) is 0 Å². The Kier molecular flexibility index (Phi) is 3.66. The lowest BCUT2D eigenvalue weighted by Crippen LogP contribution is -2.36. The van der Waals surface area contributed by atoms with Crippen LogP contribution in [0.15, 0.2) is 17.6 Å². The van der Waals surface area contributed by atoms with Gasteiger partial charge in [-0.1, -0.05) is 6.92 Å². The molecule has 0 aliphatic heterocycles. The van der Waals surface area contributed by atoms with E-state index in [1.54, 1.807) is 6.92 Å². The fourth-order valence-electron chi connectivity index (χ4n) is 1.13. The molecule has 1 aromatic rings. The van der Waals surface area contributed by atoms with Gasteiger partial charge in [-0.3, -0.25) is 5.41 Å². The number of aromatic amines is 1. The van der Waals surface area contributed by atoms with Gasteiger partial charge in [0.2, 0.25) is 0 Å². The van der Waals surface area contributed by atoms with E-state index < -0.39 is 10.0 Å². The van der Waals surface area contributed by atoms with Crippen LogP contribution in [0.4, 0.5) is 0 Å². The van der Waals surface area contributed by atoms with Crippen LogP contribution < -0.4 is 5.73 Å². The fourth-order valence-corrected chi connectivity index (χ4v) is 2.29. The van der Waals surface area contributed by atoms with Crippen molar-refractivity contribution in [1.82, 2.24) is 14.3 Å². The highest BCUT2D eigenvalue weighted by Gasteiger charge is 2.24. The largest absolute Gasteiger partial charge is 0.387 e. The second-order valence-electron chi connectivity index (χ2n) is 3.56. The van der Waals surface area contributed by atoms with Gasteiger partial charge in [-0.25, -0.2) is 13.4 Å². The molecule has 1 heterocycles. The average molecular weight is 245 g/mol. The molecule has 0 fully saturated rings. The molecule has 1 unspecified atom stereocenters. The number of sulfonamides is 1. The van der Waals surface area contributed by atoms with Crippen LogP contribution in [0.25, 0.3) is 0 Å². The molecule has 16 heavy (non-hydrogen) atoms. The Morgan fingerprint density at radius 2 is 2.38 bits per heavy atom. The van der Waals surface area contributed by atoms with E-state index in [1.165, 1.54) is 19.6 Å². The van der Waals surface area contributed by atoms with E-state index in [9.17, 15) is 8.42 Å². The van der Waals surface area contributed by atoms with Crippen LogP contribution in [-0.4, -0.2) is 42.1 Å². The highest BCUT2D eigenvalue weighted by Crippen LogP contribution is 2.11. The van der Waals surface area contributed by atoms with Gasteiger partial charge in [0.05, 0.1) is 18.4 Å². The minimum atomic E-state index is -3.56. The Bertz CT molecular complexity index is 453. The van der Waals surface area contributed by atoms with Gasteiger partial charge in [-0.15, -0.1) is 0 Å². The Labute approximate surface area is 94.2 Å². The number of hydrogen-bond acceptors (Lipinski definition) is 4. The molecule has 0 aromatic carbocycles. The minimum absolute atomic E-state index is 0.0331. The Morgan fingerprint density at radius 3 is 2.81 bits per heavy atom. The fraction of sp³-hybridized carbons (Fsp3) is 0.500. The standard InChI is InChI=1S/C8H15N5O2S/c1-6(8(9)10)4-13(2)16(14,15)7-3-11-5-12-7/h3,5-6H,4H2,1-2H3,(H3,9,10)(H,11,12). The first-order valence-electron chi connectivity index (χ1n) is 4.64. The summed E-state index contributed by atoms with van der Waals surface area (Å²) in [6.45, 7) is 1.86. The van der Waals surface area contributed by atoms with Crippen molar-refractivity contribution < 1.29 is 8.42 Å². The molecule has 1 rings (SSSR count). The molecule has 0 aliphatic rings. The van der Waals surface area contributed by atoms with Crippen molar-refractivity contribution in [3.8, 4) is 0 Å². The van der Waals surface area contributed by atoms with Crippen molar-refractivity contribution >= 4 is 15.9 Å². The number of amidine groups is 1. The van der Waals surface area contributed by atoms with Crippen LogP contribution in [0.3, 0.4) is 0 Å². The van der Waals surface area contributed by atoms with Gasteiger partial charge in [0.25, 0.3) is 10.0 Å². The van der Waals surface area contributed by atoms with Crippen molar-refractivity contribution in [3.05, 3.63) is 12.5 Å². The van der Waals surface area contributed by atoms with Gasteiger partial charge in [0.15, 0.2) is 5.03 Å². The van der Waals surface area contributed by atoms with Crippen LogP contribution >= 0.6 is 0 Å². The second kappa shape index (κ2) is 4.62. The van der Waals surface area contributed by atoms with Gasteiger partial charge in [0, 0.05) is 19.5 Å². The molecule has 1 atom stereocenters. The third-order valence-corrected chi connectivity index (χ3v) is 3.97. The van der Waals surface area contributed by atoms with Gasteiger partial charge >= 0.3 is 0 Å². The van der Waals surface area contributed by atoms with E-state index in [0.717, 1.165) is 4.31 Å². The van der Waals surface area contributed by atoms with E-state index >= 15 is 0 Å². The number of nitrogens with one attached hydrogen (secondary N) is 2. The Balaban J connectivity index is 2.82. The Hall–Kier alpha value is -1.41. The first-order chi connectivity index (χ1) is 7.35. The highest BCUT2D eigenvalue weighted by molar-refractivity contribution is 7.89. The van der Waals surface area contributed by atoms with E-state index in [0.29, 0.717) is 0 Å². The molecule has 0 spiro atoms. The molecule has 0 radical (unpaired) electrons. The molecule has 8 heteroatoms. The zero-order chi connectivity index (χ0) is 12.3. The molecule has 4 N–H and O–H groups in total. The third kappa shape index (κ3) is 2.58. The number of hydrogen-bond donors (Lipinski definition) is 3. The molecule has 90 valence electrons. The highest BCUT2D eigenvalue weighted by atomic mass is 32.2. The lowest BCUT2D eigenvalue weighted by Gasteiger charge is -2.19. The molecular formula is C8H15N5O2S. The van der Waals surface area contributed by atoms with Gasteiger partial charge in [0.1, 0.15) is 0 Å². The summed E-state index contributed by atoms with van der Waals surface area (Å²) in [6, 6.07) is 0. The number of nitrogens with zero attached hydrogens (tertiary/aromatic N) is 2. The van der Waals surface area contributed by atoms with Crippen molar-refractivity contribution in [2.75, 3.05) is 13.6 Å². The normalized spacial score (nSPS) is 13.9. The van der Waals surface area contributed by atoms with E-state index in [4.69, 9.17) is 11.1 Å². The van der Waals surface area contributed by atoms with E-state index in [2.05, 4.69) is 9.97 Å². The molecule has 0 saturated heterocycles. The molecule has 0 saturated carbocycles. The smallest absolute Gasteiger partial charge is 0.259 e. The zero-order valence-electron chi connectivity index (χ0n) is 9.14. The van der Waals surface area contributed by atoms with Gasteiger partial charge < -0.3 is 10.7 Å². The first kappa shape index (κ1) is 12.7. The molecule has 0 aliphatic carbocycles. The third-order valence-electron chi connectivity index (χ3n) is 2.22. The number of H-pyrrole nitrogens is 1. The summed E-state index contributed by atoms with van der Waals surface area (Å²) in [6.07, 6.45) is 2.54. The van der Waals surface area contributed by atoms with Gasteiger partial charge in [-0.05, 0) is 0 Å². The maximum atomic E-state index is 11.9. The molecule has 7 nitrogen and oxygen atoms in total. The van der Waals surface area contributed by atoms with Crippen LogP contribution in [0.1, 0.15) is 6.92 Å². The topological polar surface area (TPSA) is 116 Å². The number of aromatic nitrogens is 2. The summed E-state index contributed by atoms with van der Waals surface area (Å²) in [5.74, 6) is -0.352. The predicted octanol–water partition coefficient (Wildman–Crippen LogP) is -0.398. The minimum Gasteiger partial charge on any atom is -0.387 e. The maximum Gasteiger partial charge on any atom is 0.259 e. The van der Waals surface area contributed by atoms with Crippen LogP contribution in [0.5, 0.6) is 0 Å². The van der Waals surface area contributed by atoms with Crippen molar-refractivity contribution in [1.29, 1.82) is 5.41 Å². The average Bonchev–Trinajstić information content (AvgIpc) is 2.70. The number of imidazole rings is 1. The predicted molar refractivity (Wildman–Crippen MR) is 59.5 cm³/mol.